The van der Waals surface area contributed by atoms with E-state index >= 15 is 0 Å². The standard InChI is InChI=1S/C33H49N5O5/c1-21(2)30(42-32(41)37(22(3)4)17-16-34-31(40)43-33(6,7)8)38-19-18-36(23(38)5)20-24-14-15-27-28(29(24)39)25-12-10-11-13-26(25)35(27)9/h10-13,18-19,21-24,30H,14-17,20H2,1-9H3,(H,34,40). The summed E-state index contributed by atoms with van der Waals surface area (Å²) in [5.74, 6) is 0.107. The number of Topliss-reactive ketones (excluding diaryl/α,β-unsaturated/α-hetero) is 1. The van der Waals surface area contributed by atoms with Crippen molar-refractivity contribution in [3.05, 3.63) is 47.9 Å². The molecule has 4 rings (SSSR count). The number of aromatic nitrogens is 1. The van der Waals surface area contributed by atoms with Crippen molar-refractivity contribution >= 4 is 28.9 Å². The lowest BCUT2D eigenvalue weighted by Crippen LogP contribution is -2.50. The van der Waals surface area contributed by atoms with Crippen molar-refractivity contribution in [1.29, 1.82) is 0 Å². The number of nitrogens with zero attached hydrogens (tertiary/aromatic N) is 4. The molecule has 2 aliphatic rings. The summed E-state index contributed by atoms with van der Waals surface area (Å²) in [4.78, 5) is 45.0. The molecule has 0 spiro atoms. The Bertz CT molecular complexity index is 1360. The number of hydrogen-bond donors (Lipinski definition) is 1. The number of alkyl carbamates (subject to hydrolysis) is 1. The maximum Gasteiger partial charge on any atom is 0.412 e. The normalized spacial score (nSPS) is 19.3. The monoisotopic (exact) mass is 595 g/mol. The van der Waals surface area contributed by atoms with Crippen molar-refractivity contribution in [1.82, 2.24) is 24.6 Å². The zero-order valence-corrected chi connectivity index (χ0v) is 27.2. The number of carbonyl (C=O) groups is 3. The lowest BCUT2D eigenvalue weighted by molar-refractivity contribution is -0.0621. The van der Waals surface area contributed by atoms with Gasteiger partial charge in [0, 0.05) is 79.1 Å². The molecule has 3 unspecified atom stereocenters. The van der Waals surface area contributed by atoms with Gasteiger partial charge in [-0.2, -0.15) is 0 Å². The Hall–Kier alpha value is -3.69. The van der Waals surface area contributed by atoms with Crippen LogP contribution in [-0.4, -0.2) is 80.9 Å². The minimum absolute atomic E-state index is 0.0134. The SMILES string of the molecule is CC(C)C(OC(=O)N(CCNC(=O)OC(C)(C)C)C(C)C)N1C=CN(CC2CCc3c(c4ccccc4n3C)C2=O)C1C. The van der Waals surface area contributed by atoms with Gasteiger partial charge in [0.25, 0.3) is 0 Å². The van der Waals surface area contributed by atoms with Crippen molar-refractivity contribution in [3.8, 4) is 0 Å². The maximum absolute atomic E-state index is 13.8. The van der Waals surface area contributed by atoms with Crippen LogP contribution in [0.15, 0.2) is 36.7 Å². The van der Waals surface area contributed by atoms with E-state index in [0.717, 1.165) is 35.0 Å². The molecule has 10 nitrogen and oxygen atoms in total. The number of fused-ring (bicyclic) bond motifs is 3. The van der Waals surface area contributed by atoms with Gasteiger partial charge in [-0.3, -0.25) is 4.79 Å². The van der Waals surface area contributed by atoms with Gasteiger partial charge in [-0.25, -0.2) is 9.59 Å². The molecule has 0 saturated heterocycles. The summed E-state index contributed by atoms with van der Waals surface area (Å²) in [6, 6.07) is 8.00. The Labute approximate surface area is 255 Å². The van der Waals surface area contributed by atoms with Crippen molar-refractivity contribution in [2.45, 2.75) is 92.3 Å². The van der Waals surface area contributed by atoms with Crippen molar-refractivity contribution < 1.29 is 23.9 Å². The van der Waals surface area contributed by atoms with Gasteiger partial charge in [0.05, 0.1) is 0 Å². The van der Waals surface area contributed by atoms with Crippen LogP contribution in [0.4, 0.5) is 9.59 Å². The summed E-state index contributed by atoms with van der Waals surface area (Å²) in [6.07, 6.45) is 4.08. The van der Waals surface area contributed by atoms with E-state index in [1.807, 2.05) is 65.3 Å². The summed E-state index contributed by atoms with van der Waals surface area (Å²) in [6.45, 7) is 16.5. The van der Waals surface area contributed by atoms with Gasteiger partial charge >= 0.3 is 12.2 Å². The molecule has 236 valence electrons. The molecule has 1 aliphatic heterocycles. The van der Waals surface area contributed by atoms with Crippen LogP contribution in [0, 0.1) is 11.8 Å². The van der Waals surface area contributed by atoms with Gasteiger partial charge in [-0.15, -0.1) is 0 Å². The van der Waals surface area contributed by atoms with Crippen LogP contribution in [0.25, 0.3) is 10.9 Å². The highest BCUT2D eigenvalue weighted by Crippen LogP contribution is 2.35. The first kappa shape index (κ1) is 32.2. The molecule has 2 aromatic rings. The van der Waals surface area contributed by atoms with Gasteiger partial charge < -0.3 is 34.1 Å². The molecule has 3 atom stereocenters. The van der Waals surface area contributed by atoms with Gasteiger partial charge in [0.15, 0.2) is 12.0 Å². The second-order valence-corrected chi connectivity index (χ2v) is 13.3. The highest BCUT2D eigenvalue weighted by atomic mass is 16.6. The Morgan fingerprint density at radius 3 is 2.47 bits per heavy atom. The van der Waals surface area contributed by atoms with Crippen LogP contribution in [-0.2, 0) is 22.9 Å². The molecule has 2 amide bonds. The van der Waals surface area contributed by atoms with Crippen LogP contribution in [0.5, 0.6) is 0 Å². The van der Waals surface area contributed by atoms with E-state index in [0.29, 0.717) is 6.54 Å². The molecule has 0 bridgehead atoms. The molecular formula is C33H49N5O5. The maximum atomic E-state index is 13.8. The number of nitrogens with one attached hydrogen (secondary N) is 1. The molecule has 43 heavy (non-hydrogen) atoms. The van der Waals surface area contributed by atoms with E-state index < -0.39 is 24.0 Å². The molecule has 1 aromatic heterocycles. The fraction of sp³-hybridized carbons (Fsp3) is 0.606. The first-order chi connectivity index (χ1) is 20.2. The van der Waals surface area contributed by atoms with E-state index in [9.17, 15) is 14.4 Å². The molecule has 1 aromatic carbocycles. The number of rotatable bonds is 9. The van der Waals surface area contributed by atoms with E-state index in [2.05, 4.69) is 32.7 Å². The molecule has 0 fully saturated rings. The average molecular weight is 596 g/mol. The van der Waals surface area contributed by atoms with Crippen LogP contribution < -0.4 is 5.32 Å². The van der Waals surface area contributed by atoms with Crippen molar-refractivity contribution in [3.63, 3.8) is 0 Å². The van der Waals surface area contributed by atoms with Crippen LogP contribution in [0.1, 0.15) is 77.9 Å². The van der Waals surface area contributed by atoms with Crippen molar-refractivity contribution in [2.24, 2.45) is 18.9 Å². The highest BCUT2D eigenvalue weighted by Gasteiger charge is 2.38. The predicted molar refractivity (Wildman–Crippen MR) is 167 cm³/mol. The number of carbonyl (C=O) groups excluding carboxylic acids is 3. The zero-order chi connectivity index (χ0) is 31.6. The van der Waals surface area contributed by atoms with Gasteiger partial charge in [0.1, 0.15) is 11.8 Å². The zero-order valence-electron chi connectivity index (χ0n) is 27.2. The second-order valence-electron chi connectivity index (χ2n) is 13.3. The number of hydrogen-bond acceptors (Lipinski definition) is 7. The first-order valence-electron chi connectivity index (χ1n) is 15.5. The topological polar surface area (TPSA) is 96.3 Å². The number of amides is 2. The van der Waals surface area contributed by atoms with Gasteiger partial charge in [0.2, 0.25) is 0 Å². The van der Waals surface area contributed by atoms with E-state index in [1.165, 1.54) is 0 Å². The number of benzene rings is 1. The Balaban J connectivity index is 1.38. The summed E-state index contributed by atoms with van der Waals surface area (Å²) in [5.41, 5.74) is 2.49. The Morgan fingerprint density at radius 1 is 1.12 bits per heavy atom. The van der Waals surface area contributed by atoms with E-state index in [1.54, 1.807) is 25.7 Å². The fourth-order valence-electron chi connectivity index (χ4n) is 6.05. The quantitative estimate of drug-likeness (QED) is 0.397. The molecule has 1 N–H and O–H groups in total. The second kappa shape index (κ2) is 12.9. The molecule has 2 heterocycles. The molecule has 10 heteroatoms. The number of ether oxygens (including phenoxy) is 2. The van der Waals surface area contributed by atoms with Gasteiger partial charge in [-0.1, -0.05) is 32.0 Å². The third-order valence-electron chi connectivity index (χ3n) is 8.31. The summed E-state index contributed by atoms with van der Waals surface area (Å²) < 4.78 is 13.6. The molecule has 0 radical (unpaired) electrons. The number of para-hydroxylation sites is 1. The van der Waals surface area contributed by atoms with Gasteiger partial charge in [-0.05, 0) is 60.5 Å². The van der Waals surface area contributed by atoms with Crippen LogP contribution in [0.2, 0.25) is 0 Å². The van der Waals surface area contributed by atoms with Crippen LogP contribution in [0.3, 0.4) is 0 Å². The Kier molecular flexibility index (Phi) is 9.66. The van der Waals surface area contributed by atoms with Crippen LogP contribution >= 0.6 is 0 Å². The molecule has 1 aliphatic carbocycles. The summed E-state index contributed by atoms with van der Waals surface area (Å²) >= 11 is 0. The minimum Gasteiger partial charge on any atom is -0.444 e. The minimum atomic E-state index is -0.595. The lowest BCUT2D eigenvalue weighted by atomic mass is 9.84. The summed E-state index contributed by atoms with van der Waals surface area (Å²) in [5, 5.41) is 3.75. The predicted octanol–water partition coefficient (Wildman–Crippen LogP) is 5.71. The first-order valence-corrected chi connectivity index (χ1v) is 15.5. The fourth-order valence-corrected chi connectivity index (χ4v) is 6.05. The lowest BCUT2D eigenvalue weighted by Gasteiger charge is -2.39. The third-order valence-corrected chi connectivity index (χ3v) is 8.31. The summed E-state index contributed by atoms with van der Waals surface area (Å²) in [7, 11) is 2.04. The molecular weight excluding hydrogens is 546 g/mol. The van der Waals surface area contributed by atoms with Crippen molar-refractivity contribution in [2.75, 3.05) is 19.6 Å². The number of ketones is 1. The average Bonchev–Trinajstić information content (AvgIpc) is 3.42. The third kappa shape index (κ3) is 7.11. The van der Waals surface area contributed by atoms with E-state index in [4.69, 9.17) is 9.47 Å². The smallest absolute Gasteiger partial charge is 0.412 e. The largest absolute Gasteiger partial charge is 0.444 e. The highest BCUT2D eigenvalue weighted by molar-refractivity contribution is 6.11. The molecule has 0 saturated carbocycles. The van der Waals surface area contributed by atoms with E-state index in [-0.39, 0.29) is 42.9 Å². The Morgan fingerprint density at radius 2 is 1.81 bits per heavy atom. The number of aryl methyl sites for hydroxylation is 1.